The minimum atomic E-state index is -0.759. The highest BCUT2D eigenvalue weighted by Crippen LogP contribution is 2.06. The molecule has 0 heterocycles. The monoisotopic (exact) mass is 202 g/mol. The van der Waals surface area contributed by atoms with Gasteiger partial charge in [0.15, 0.2) is 0 Å². The summed E-state index contributed by atoms with van der Waals surface area (Å²) < 4.78 is 4.27. The van der Waals surface area contributed by atoms with Crippen molar-refractivity contribution in [1.29, 1.82) is 0 Å². The molecular formula is C9H14O5. The zero-order chi connectivity index (χ0) is 11.2. The maximum atomic E-state index is 10.9. The minimum absolute atomic E-state index is 0.575. The molecule has 5 nitrogen and oxygen atoms in total. The number of carbonyl (C=O) groups is 2. The molecule has 0 unspecified atom stereocenters. The van der Waals surface area contributed by atoms with Crippen LogP contribution in [-0.2, 0) is 24.1 Å². The van der Waals surface area contributed by atoms with E-state index in [1.807, 2.05) is 0 Å². The molecule has 0 N–H and O–H groups in total. The molecule has 0 aliphatic rings. The smallest absolute Gasteiger partial charge is 0.366 e. The summed E-state index contributed by atoms with van der Waals surface area (Å²) in [4.78, 5) is 30.5. The first-order valence-electron chi connectivity index (χ1n) is 4.01. The molecule has 0 saturated carbocycles. The average molecular weight is 202 g/mol. The van der Waals surface area contributed by atoms with Crippen LogP contribution in [0.15, 0.2) is 12.2 Å². The summed E-state index contributed by atoms with van der Waals surface area (Å²) in [6, 6.07) is 0. The Kier molecular flexibility index (Phi) is 4.86. The van der Waals surface area contributed by atoms with E-state index in [9.17, 15) is 9.59 Å². The van der Waals surface area contributed by atoms with Gasteiger partial charge >= 0.3 is 11.9 Å². The average Bonchev–Trinajstić information content (AvgIpc) is 2.09. The van der Waals surface area contributed by atoms with Crippen LogP contribution in [0.5, 0.6) is 0 Å². The van der Waals surface area contributed by atoms with Crippen molar-refractivity contribution in [3.8, 4) is 0 Å². The molecule has 0 radical (unpaired) electrons. The molecule has 5 heteroatoms. The van der Waals surface area contributed by atoms with Crippen molar-refractivity contribution in [2.24, 2.45) is 0 Å². The second-order valence-corrected chi connectivity index (χ2v) is 3.45. The van der Waals surface area contributed by atoms with Crippen LogP contribution in [0.2, 0.25) is 0 Å². The predicted octanol–water partition coefficient (Wildman–Crippen LogP) is 0.989. The Balaban J connectivity index is 3.88. The highest BCUT2D eigenvalue weighted by atomic mass is 17.2. The van der Waals surface area contributed by atoms with Gasteiger partial charge in [0.2, 0.25) is 0 Å². The molecular weight excluding hydrogens is 188 g/mol. The van der Waals surface area contributed by atoms with Gasteiger partial charge in [0.1, 0.15) is 5.60 Å². The Morgan fingerprint density at radius 3 is 2.00 bits per heavy atom. The van der Waals surface area contributed by atoms with E-state index in [0.717, 1.165) is 12.2 Å². The Labute approximate surface area is 82.6 Å². The van der Waals surface area contributed by atoms with Crippen LogP contribution in [0.4, 0.5) is 0 Å². The van der Waals surface area contributed by atoms with Crippen molar-refractivity contribution in [2.75, 3.05) is 7.11 Å². The van der Waals surface area contributed by atoms with Gasteiger partial charge in [-0.3, -0.25) is 4.89 Å². The quantitative estimate of drug-likeness (QED) is 0.295. The Bertz CT molecular complexity index is 236. The lowest BCUT2D eigenvalue weighted by Crippen LogP contribution is -2.21. The SMILES string of the molecule is COC(=O)C=CC(=O)OOC(C)(C)C. The van der Waals surface area contributed by atoms with Crippen molar-refractivity contribution < 1.29 is 24.1 Å². The molecule has 0 aromatic heterocycles. The molecule has 0 aromatic rings. The van der Waals surface area contributed by atoms with E-state index in [4.69, 9.17) is 4.89 Å². The minimum Gasteiger partial charge on any atom is -0.466 e. The van der Waals surface area contributed by atoms with E-state index in [2.05, 4.69) is 9.62 Å². The number of rotatable bonds is 3. The van der Waals surface area contributed by atoms with Gasteiger partial charge in [0.25, 0.3) is 0 Å². The highest BCUT2D eigenvalue weighted by molar-refractivity contribution is 5.91. The Morgan fingerprint density at radius 2 is 1.57 bits per heavy atom. The molecule has 14 heavy (non-hydrogen) atoms. The van der Waals surface area contributed by atoms with E-state index in [1.165, 1.54) is 7.11 Å². The maximum Gasteiger partial charge on any atom is 0.366 e. The molecule has 0 bridgehead atoms. The number of hydrogen-bond acceptors (Lipinski definition) is 5. The van der Waals surface area contributed by atoms with Gasteiger partial charge in [-0.1, -0.05) is 0 Å². The Morgan fingerprint density at radius 1 is 1.07 bits per heavy atom. The third-order valence-corrected chi connectivity index (χ3v) is 0.930. The van der Waals surface area contributed by atoms with Crippen molar-refractivity contribution in [3.05, 3.63) is 12.2 Å². The lowest BCUT2D eigenvalue weighted by molar-refractivity contribution is -0.316. The van der Waals surface area contributed by atoms with Gasteiger partial charge in [-0.25, -0.2) is 9.59 Å². The van der Waals surface area contributed by atoms with Crippen LogP contribution in [0, 0.1) is 0 Å². The van der Waals surface area contributed by atoms with Crippen molar-refractivity contribution in [3.63, 3.8) is 0 Å². The van der Waals surface area contributed by atoms with Crippen LogP contribution < -0.4 is 0 Å². The third-order valence-electron chi connectivity index (χ3n) is 0.930. The Hall–Kier alpha value is -1.36. The molecule has 0 spiro atoms. The molecule has 0 rings (SSSR count). The normalized spacial score (nSPS) is 11.4. The largest absolute Gasteiger partial charge is 0.466 e. The molecule has 0 aromatic carbocycles. The summed E-state index contributed by atoms with van der Waals surface area (Å²) in [6.45, 7) is 5.18. The fourth-order valence-electron chi connectivity index (χ4n) is 0.398. The zero-order valence-electron chi connectivity index (χ0n) is 8.70. The fraction of sp³-hybridized carbons (Fsp3) is 0.556. The van der Waals surface area contributed by atoms with Gasteiger partial charge in [0, 0.05) is 12.2 Å². The first-order chi connectivity index (χ1) is 6.35. The first kappa shape index (κ1) is 12.6. The molecule has 0 atom stereocenters. The van der Waals surface area contributed by atoms with Gasteiger partial charge in [0.05, 0.1) is 7.11 Å². The second kappa shape index (κ2) is 5.39. The van der Waals surface area contributed by atoms with E-state index in [0.29, 0.717) is 0 Å². The van der Waals surface area contributed by atoms with E-state index in [1.54, 1.807) is 20.8 Å². The van der Waals surface area contributed by atoms with Gasteiger partial charge in [-0.2, -0.15) is 4.89 Å². The van der Waals surface area contributed by atoms with Gasteiger partial charge in [-0.15, -0.1) is 0 Å². The summed E-state index contributed by atoms with van der Waals surface area (Å²) in [5.74, 6) is -1.39. The van der Waals surface area contributed by atoms with Gasteiger partial charge < -0.3 is 4.74 Å². The molecule has 0 saturated heterocycles. The lowest BCUT2D eigenvalue weighted by Gasteiger charge is -2.15. The maximum absolute atomic E-state index is 10.9. The molecule has 0 aliphatic carbocycles. The summed E-state index contributed by atoms with van der Waals surface area (Å²) in [6.07, 6.45) is 1.88. The van der Waals surface area contributed by atoms with Crippen LogP contribution in [0.3, 0.4) is 0 Å². The van der Waals surface area contributed by atoms with Crippen LogP contribution in [0.25, 0.3) is 0 Å². The van der Waals surface area contributed by atoms with Crippen molar-refractivity contribution in [2.45, 2.75) is 26.4 Å². The topological polar surface area (TPSA) is 61.8 Å². The number of carbonyl (C=O) groups excluding carboxylic acids is 2. The van der Waals surface area contributed by atoms with E-state index >= 15 is 0 Å². The standard InChI is InChI=1S/C9H14O5/c1-9(2,3)14-13-8(11)6-5-7(10)12-4/h5-6H,1-4H3. The third kappa shape index (κ3) is 7.30. The first-order valence-corrected chi connectivity index (χ1v) is 4.01. The van der Waals surface area contributed by atoms with Crippen LogP contribution >= 0.6 is 0 Å². The molecule has 0 aliphatic heterocycles. The summed E-state index contributed by atoms with van der Waals surface area (Å²) >= 11 is 0. The lowest BCUT2D eigenvalue weighted by atomic mass is 10.2. The summed E-state index contributed by atoms with van der Waals surface area (Å²) in [7, 11) is 1.21. The van der Waals surface area contributed by atoms with E-state index in [-0.39, 0.29) is 0 Å². The van der Waals surface area contributed by atoms with Gasteiger partial charge in [-0.05, 0) is 20.8 Å². The summed E-state index contributed by atoms with van der Waals surface area (Å²) in [5.41, 5.74) is -0.575. The number of esters is 1. The van der Waals surface area contributed by atoms with Crippen molar-refractivity contribution in [1.82, 2.24) is 0 Å². The second-order valence-electron chi connectivity index (χ2n) is 3.45. The number of ether oxygens (including phenoxy) is 1. The molecule has 0 fully saturated rings. The number of hydrogen-bond donors (Lipinski definition) is 0. The highest BCUT2D eigenvalue weighted by Gasteiger charge is 2.13. The van der Waals surface area contributed by atoms with Crippen LogP contribution in [0.1, 0.15) is 20.8 Å². The summed E-state index contributed by atoms with van der Waals surface area (Å²) in [5, 5.41) is 0. The van der Waals surface area contributed by atoms with Crippen molar-refractivity contribution >= 4 is 11.9 Å². The molecule has 80 valence electrons. The molecule has 0 amide bonds. The predicted molar refractivity (Wildman–Crippen MR) is 48.1 cm³/mol. The zero-order valence-corrected chi connectivity index (χ0v) is 8.70. The fourth-order valence-corrected chi connectivity index (χ4v) is 0.398. The van der Waals surface area contributed by atoms with Crippen LogP contribution in [-0.4, -0.2) is 24.6 Å². The number of methoxy groups -OCH3 is 1. The van der Waals surface area contributed by atoms with E-state index < -0.39 is 17.5 Å².